The predicted octanol–water partition coefficient (Wildman–Crippen LogP) is 3.12. The van der Waals surface area contributed by atoms with E-state index >= 15 is 0 Å². The average Bonchev–Trinajstić information content (AvgIpc) is 2.91. The molecule has 2 rings (SSSR count). The highest BCUT2D eigenvalue weighted by Crippen LogP contribution is 2.16. The molecule has 6 nitrogen and oxygen atoms in total. The zero-order chi connectivity index (χ0) is 15.9. The highest BCUT2D eigenvalue weighted by atomic mass is 127. The summed E-state index contributed by atoms with van der Waals surface area (Å²) in [5, 5.41) is 10.5. The minimum absolute atomic E-state index is 0. The van der Waals surface area contributed by atoms with Crippen molar-refractivity contribution in [3.63, 3.8) is 0 Å². The van der Waals surface area contributed by atoms with Crippen molar-refractivity contribution >= 4 is 29.9 Å². The number of aromatic nitrogens is 2. The van der Waals surface area contributed by atoms with Crippen LogP contribution in [0.3, 0.4) is 0 Å². The quantitative estimate of drug-likeness (QED) is 0.434. The van der Waals surface area contributed by atoms with Crippen LogP contribution in [-0.4, -0.2) is 22.6 Å². The lowest BCUT2D eigenvalue weighted by Crippen LogP contribution is -2.38. The molecule has 0 bridgehead atoms. The molecule has 23 heavy (non-hydrogen) atoms. The fourth-order valence-electron chi connectivity index (χ4n) is 2.23. The molecule has 0 radical (unpaired) electrons. The summed E-state index contributed by atoms with van der Waals surface area (Å²) in [5.41, 5.74) is 2.51. The zero-order valence-corrected chi connectivity index (χ0v) is 16.3. The molecule has 1 aromatic carbocycles. The molecule has 126 valence electrons. The minimum atomic E-state index is 0. The van der Waals surface area contributed by atoms with Crippen LogP contribution in [0.2, 0.25) is 0 Å². The smallest absolute Gasteiger partial charge is 0.223 e. The Balaban J connectivity index is 0.00000264. The standard InChI is InChI=1S/C16H23N5O.HI/c1-5-17-16(18-10-15-20-13(4)22-21-15)19-12(3)14-9-7-6-8-11(14)2;/h6-9,12H,5,10H2,1-4H3,(H2,17,18,19);1H. The van der Waals surface area contributed by atoms with Crippen LogP contribution in [0, 0.1) is 13.8 Å². The van der Waals surface area contributed by atoms with E-state index in [9.17, 15) is 0 Å². The molecule has 0 saturated heterocycles. The van der Waals surface area contributed by atoms with Gasteiger partial charge in [0.25, 0.3) is 0 Å². The van der Waals surface area contributed by atoms with Crippen molar-refractivity contribution < 1.29 is 4.52 Å². The molecule has 1 heterocycles. The second-order valence-corrected chi connectivity index (χ2v) is 5.15. The van der Waals surface area contributed by atoms with E-state index in [4.69, 9.17) is 4.52 Å². The number of aliphatic imine (C=N–C) groups is 1. The molecule has 0 aliphatic rings. The summed E-state index contributed by atoms with van der Waals surface area (Å²) >= 11 is 0. The summed E-state index contributed by atoms with van der Waals surface area (Å²) in [5.74, 6) is 1.87. The lowest BCUT2D eigenvalue weighted by Gasteiger charge is -2.19. The molecular formula is C16H24IN5O. The average molecular weight is 429 g/mol. The lowest BCUT2D eigenvalue weighted by molar-refractivity contribution is 0.387. The molecule has 2 aromatic rings. The first kappa shape index (κ1) is 19.4. The number of aryl methyl sites for hydroxylation is 2. The normalized spacial score (nSPS) is 12.4. The van der Waals surface area contributed by atoms with Crippen LogP contribution < -0.4 is 10.6 Å². The summed E-state index contributed by atoms with van der Waals surface area (Å²) in [6, 6.07) is 8.49. The van der Waals surface area contributed by atoms with Crippen molar-refractivity contribution in [2.45, 2.75) is 40.3 Å². The Kier molecular flexibility index (Phi) is 8.01. The summed E-state index contributed by atoms with van der Waals surface area (Å²) < 4.78 is 4.95. The number of benzene rings is 1. The Morgan fingerprint density at radius 2 is 2.04 bits per heavy atom. The third-order valence-corrected chi connectivity index (χ3v) is 3.30. The van der Waals surface area contributed by atoms with E-state index in [1.54, 1.807) is 6.92 Å². The summed E-state index contributed by atoms with van der Waals surface area (Å²) in [6.07, 6.45) is 0. The Morgan fingerprint density at radius 3 is 2.65 bits per heavy atom. The van der Waals surface area contributed by atoms with Gasteiger partial charge in [-0.2, -0.15) is 4.98 Å². The van der Waals surface area contributed by atoms with Gasteiger partial charge in [-0.3, -0.25) is 0 Å². The molecule has 0 saturated carbocycles. The molecule has 2 N–H and O–H groups in total. The Morgan fingerprint density at radius 1 is 1.30 bits per heavy atom. The number of rotatable bonds is 5. The Bertz CT molecular complexity index is 641. The van der Waals surface area contributed by atoms with Crippen LogP contribution in [-0.2, 0) is 6.54 Å². The molecule has 1 aromatic heterocycles. The second-order valence-electron chi connectivity index (χ2n) is 5.15. The van der Waals surface area contributed by atoms with Gasteiger partial charge in [-0.1, -0.05) is 29.4 Å². The number of halogens is 1. The molecule has 1 atom stereocenters. The van der Waals surface area contributed by atoms with Crippen molar-refractivity contribution in [2.24, 2.45) is 4.99 Å². The van der Waals surface area contributed by atoms with E-state index in [2.05, 4.69) is 51.7 Å². The van der Waals surface area contributed by atoms with Crippen LogP contribution >= 0.6 is 24.0 Å². The highest BCUT2D eigenvalue weighted by molar-refractivity contribution is 14.0. The van der Waals surface area contributed by atoms with Crippen molar-refractivity contribution in [1.29, 1.82) is 0 Å². The molecule has 1 unspecified atom stereocenters. The summed E-state index contributed by atoms with van der Waals surface area (Å²) in [6.45, 7) is 9.20. The zero-order valence-electron chi connectivity index (χ0n) is 14.0. The fourth-order valence-corrected chi connectivity index (χ4v) is 2.23. The van der Waals surface area contributed by atoms with E-state index < -0.39 is 0 Å². The summed E-state index contributed by atoms with van der Waals surface area (Å²) in [7, 11) is 0. The molecule has 0 aliphatic carbocycles. The topological polar surface area (TPSA) is 75.3 Å². The van der Waals surface area contributed by atoms with Gasteiger partial charge in [-0.15, -0.1) is 24.0 Å². The first-order valence-electron chi connectivity index (χ1n) is 7.49. The second kappa shape index (κ2) is 9.49. The first-order chi connectivity index (χ1) is 10.6. The molecule has 0 aliphatic heterocycles. The third kappa shape index (κ3) is 5.81. The third-order valence-electron chi connectivity index (χ3n) is 3.30. The number of guanidine groups is 1. The first-order valence-corrected chi connectivity index (χ1v) is 7.49. The van der Waals surface area contributed by atoms with Gasteiger partial charge in [0.15, 0.2) is 11.8 Å². The molecule has 0 fully saturated rings. The van der Waals surface area contributed by atoms with E-state index in [-0.39, 0.29) is 30.0 Å². The van der Waals surface area contributed by atoms with Crippen molar-refractivity contribution in [3.05, 3.63) is 47.1 Å². The van der Waals surface area contributed by atoms with Gasteiger partial charge in [0.05, 0.1) is 6.04 Å². The van der Waals surface area contributed by atoms with Gasteiger partial charge in [-0.05, 0) is 31.9 Å². The number of nitrogens with one attached hydrogen (secondary N) is 2. The van der Waals surface area contributed by atoms with Gasteiger partial charge < -0.3 is 15.2 Å². The van der Waals surface area contributed by atoms with E-state index in [0.717, 1.165) is 12.5 Å². The van der Waals surface area contributed by atoms with Crippen LogP contribution in [0.5, 0.6) is 0 Å². The van der Waals surface area contributed by atoms with Crippen molar-refractivity contribution in [3.8, 4) is 0 Å². The molecule has 7 heteroatoms. The summed E-state index contributed by atoms with van der Waals surface area (Å²) in [4.78, 5) is 8.66. The Labute approximate surface area is 154 Å². The van der Waals surface area contributed by atoms with E-state index in [0.29, 0.717) is 18.3 Å². The number of hydrogen-bond donors (Lipinski definition) is 2. The molecular weight excluding hydrogens is 405 g/mol. The monoisotopic (exact) mass is 429 g/mol. The van der Waals surface area contributed by atoms with Crippen LogP contribution in [0.4, 0.5) is 0 Å². The van der Waals surface area contributed by atoms with Crippen molar-refractivity contribution in [1.82, 2.24) is 20.8 Å². The van der Waals surface area contributed by atoms with Crippen LogP contribution in [0.15, 0.2) is 33.8 Å². The maximum Gasteiger partial charge on any atom is 0.223 e. The SMILES string of the molecule is CCNC(=NCc1noc(C)n1)NC(C)c1ccccc1C.I. The predicted molar refractivity (Wildman–Crippen MR) is 102 cm³/mol. The van der Waals surface area contributed by atoms with Crippen LogP contribution in [0.25, 0.3) is 0 Å². The number of nitrogens with zero attached hydrogens (tertiary/aromatic N) is 3. The molecule has 0 spiro atoms. The van der Waals surface area contributed by atoms with E-state index in [1.807, 2.05) is 19.1 Å². The van der Waals surface area contributed by atoms with Crippen molar-refractivity contribution in [2.75, 3.05) is 6.54 Å². The highest BCUT2D eigenvalue weighted by Gasteiger charge is 2.10. The number of hydrogen-bond acceptors (Lipinski definition) is 4. The maximum atomic E-state index is 4.95. The van der Waals surface area contributed by atoms with Gasteiger partial charge in [0.2, 0.25) is 5.89 Å². The van der Waals surface area contributed by atoms with Gasteiger partial charge in [0.1, 0.15) is 6.54 Å². The van der Waals surface area contributed by atoms with Gasteiger partial charge in [-0.25, -0.2) is 4.99 Å². The van der Waals surface area contributed by atoms with Gasteiger partial charge >= 0.3 is 0 Å². The maximum absolute atomic E-state index is 4.95. The lowest BCUT2D eigenvalue weighted by atomic mass is 10.0. The largest absolute Gasteiger partial charge is 0.357 e. The van der Waals surface area contributed by atoms with Gasteiger partial charge in [0, 0.05) is 13.5 Å². The van der Waals surface area contributed by atoms with E-state index in [1.165, 1.54) is 11.1 Å². The molecule has 0 amide bonds. The fraction of sp³-hybridized carbons (Fsp3) is 0.438. The minimum Gasteiger partial charge on any atom is -0.357 e. The van der Waals surface area contributed by atoms with Crippen LogP contribution in [0.1, 0.15) is 42.7 Å². The Hall–Kier alpha value is -1.64.